The smallest absolute Gasteiger partial charge is 0.219 e. The van der Waals surface area contributed by atoms with Gasteiger partial charge < -0.3 is 10.1 Å². The highest BCUT2D eigenvalue weighted by Gasteiger charge is 2.27. The molecular formula is C18H17N3O2. The van der Waals surface area contributed by atoms with Crippen LogP contribution in [-0.2, 0) is 13.1 Å². The number of nitrogens with zero attached hydrogens (tertiary/aromatic N) is 2. The van der Waals surface area contributed by atoms with Gasteiger partial charge in [0.05, 0.1) is 5.52 Å². The Balaban J connectivity index is 2.05. The van der Waals surface area contributed by atoms with E-state index in [9.17, 15) is 10.0 Å². The summed E-state index contributed by atoms with van der Waals surface area (Å²) in [6, 6.07) is 12.1. The third kappa shape index (κ3) is 2.04. The van der Waals surface area contributed by atoms with Gasteiger partial charge in [-0.15, -0.1) is 4.91 Å². The lowest BCUT2D eigenvalue weighted by Crippen LogP contribution is -2.14. The average molecular weight is 307 g/mol. The molecule has 0 spiro atoms. The van der Waals surface area contributed by atoms with Gasteiger partial charge >= 0.3 is 0 Å². The van der Waals surface area contributed by atoms with Gasteiger partial charge in [0.1, 0.15) is 0 Å². The van der Waals surface area contributed by atoms with Crippen LogP contribution >= 0.6 is 0 Å². The largest absolute Gasteiger partial charge is 0.493 e. The first-order valence-corrected chi connectivity index (χ1v) is 7.73. The molecule has 2 N–H and O–H groups in total. The number of benzene rings is 2. The van der Waals surface area contributed by atoms with E-state index in [4.69, 9.17) is 0 Å². The molecule has 116 valence electrons. The fourth-order valence-electron chi connectivity index (χ4n) is 3.46. The topological polar surface area (TPSA) is 68.7 Å². The first kappa shape index (κ1) is 14.0. The van der Waals surface area contributed by atoms with Gasteiger partial charge in [0.25, 0.3) is 0 Å². The standard InChI is InChI=1S/C18H17N3O2/c1-2-21-9-14-12(11-6-4-3-5-7-11)8-13-16(15(14)10-21)19-18(22)17(13)20-23/h3-8,19,22H,2,9-10H2,1H3. The molecule has 0 aliphatic carbocycles. The fraction of sp³-hybridized carbons (Fsp3) is 0.222. The molecule has 0 saturated carbocycles. The van der Waals surface area contributed by atoms with Gasteiger partial charge in [-0.25, -0.2) is 0 Å². The Bertz CT molecular complexity index is 900. The monoisotopic (exact) mass is 307 g/mol. The van der Waals surface area contributed by atoms with E-state index in [1.165, 1.54) is 5.56 Å². The van der Waals surface area contributed by atoms with E-state index in [2.05, 4.69) is 34.1 Å². The summed E-state index contributed by atoms with van der Waals surface area (Å²) >= 11 is 0. The fourth-order valence-corrected chi connectivity index (χ4v) is 3.46. The van der Waals surface area contributed by atoms with Crippen LogP contribution in [0.15, 0.2) is 41.6 Å². The molecule has 23 heavy (non-hydrogen) atoms. The third-order valence-corrected chi connectivity index (χ3v) is 4.66. The normalized spacial score (nSPS) is 14.3. The molecule has 1 aliphatic rings. The summed E-state index contributed by atoms with van der Waals surface area (Å²) < 4.78 is 0. The molecule has 0 amide bonds. The van der Waals surface area contributed by atoms with Crippen LogP contribution in [0.4, 0.5) is 5.69 Å². The zero-order valence-electron chi connectivity index (χ0n) is 12.8. The molecule has 0 saturated heterocycles. The highest BCUT2D eigenvalue weighted by atomic mass is 16.3. The van der Waals surface area contributed by atoms with E-state index in [1.54, 1.807) is 0 Å². The van der Waals surface area contributed by atoms with Crippen LogP contribution in [0.25, 0.3) is 22.0 Å². The van der Waals surface area contributed by atoms with Crippen molar-refractivity contribution in [1.29, 1.82) is 0 Å². The molecule has 2 heterocycles. The zero-order valence-corrected chi connectivity index (χ0v) is 12.8. The number of H-pyrrole nitrogens is 1. The number of hydrogen-bond donors (Lipinski definition) is 2. The number of aromatic nitrogens is 1. The van der Waals surface area contributed by atoms with Gasteiger partial charge in [-0.1, -0.05) is 37.3 Å². The van der Waals surface area contributed by atoms with Crippen LogP contribution in [-0.4, -0.2) is 21.5 Å². The van der Waals surface area contributed by atoms with Crippen molar-refractivity contribution < 1.29 is 5.11 Å². The second-order valence-electron chi connectivity index (χ2n) is 5.89. The molecule has 5 heteroatoms. The maximum Gasteiger partial charge on any atom is 0.219 e. The van der Waals surface area contributed by atoms with E-state index >= 15 is 0 Å². The lowest BCUT2D eigenvalue weighted by Gasteiger charge is -2.11. The number of fused-ring (bicyclic) bond motifs is 3. The summed E-state index contributed by atoms with van der Waals surface area (Å²) in [6.07, 6.45) is 0. The van der Waals surface area contributed by atoms with Gasteiger partial charge in [-0.05, 0) is 40.0 Å². The van der Waals surface area contributed by atoms with E-state index in [-0.39, 0.29) is 11.6 Å². The van der Waals surface area contributed by atoms with Crippen molar-refractivity contribution in [2.75, 3.05) is 6.54 Å². The lowest BCUT2D eigenvalue weighted by atomic mass is 9.94. The number of aromatic amines is 1. The minimum absolute atomic E-state index is 0.0925. The summed E-state index contributed by atoms with van der Waals surface area (Å²) in [7, 11) is 0. The van der Waals surface area contributed by atoms with Crippen LogP contribution in [0, 0.1) is 4.91 Å². The maximum absolute atomic E-state index is 11.1. The molecule has 5 nitrogen and oxygen atoms in total. The molecule has 0 atom stereocenters. The lowest BCUT2D eigenvalue weighted by molar-refractivity contribution is 0.301. The number of nitrogens with one attached hydrogen (secondary N) is 1. The molecule has 3 aromatic rings. The van der Waals surface area contributed by atoms with Crippen molar-refractivity contribution in [3.63, 3.8) is 0 Å². The summed E-state index contributed by atoms with van der Waals surface area (Å²) in [4.78, 5) is 16.4. The van der Waals surface area contributed by atoms with Crippen molar-refractivity contribution in [2.24, 2.45) is 5.18 Å². The summed E-state index contributed by atoms with van der Waals surface area (Å²) in [5.41, 5.74) is 5.53. The second-order valence-corrected chi connectivity index (χ2v) is 5.89. The average Bonchev–Trinajstić information content (AvgIpc) is 3.14. The Morgan fingerprint density at radius 2 is 1.96 bits per heavy atom. The molecule has 0 unspecified atom stereocenters. The van der Waals surface area contributed by atoms with Crippen LogP contribution in [0.2, 0.25) is 0 Å². The van der Waals surface area contributed by atoms with Crippen LogP contribution in [0.3, 0.4) is 0 Å². The highest BCUT2D eigenvalue weighted by Crippen LogP contribution is 2.44. The second kappa shape index (κ2) is 5.21. The summed E-state index contributed by atoms with van der Waals surface area (Å²) in [5, 5.41) is 13.7. The minimum Gasteiger partial charge on any atom is -0.493 e. The number of hydrogen-bond acceptors (Lipinski definition) is 4. The van der Waals surface area contributed by atoms with Crippen LogP contribution in [0.5, 0.6) is 5.88 Å². The van der Waals surface area contributed by atoms with Crippen molar-refractivity contribution in [2.45, 2.75) is 20.0 Å². The van der Waals surface area contributed by atoms with E-state index < -0.39 is 0 Å². The Morgan fingerprint density at radius 1 is 1.22 bits per heavy atom. The molecule has 0 radical (unpaired) electrons. The Kier molecular flexibility index (Phi) is 3.16. The summed E-state index contributed by atoms with van der Waals surface area (Å²) in [6.45, 7) is 4.77. The minimum atomic E-state index is -0.155. The van der Waals surface area contributed by atoms with Gasteiger partial charge in [0.2, 0.25) is 5.88 Å². The number of aromatic hydroxyl groups is 1. The molecule has 2 aromatic carbocycles. The van der Waals surface area contributed by atoms with E-state index in [0.29, 0.717) is 5.39 Å². The van der Waals surface area contributed by atoms with Gasteiger partial charge in [-0.2, -0.15) is 0 Å². The first-order chi connectivity index (χ1) is 11.2. The zero-order chi connectivity index (χ0) is 16.0. The maximum atomic E-state index is 11.1. The van der Waals surface area contributed by atoms with Gasteiger partial charge in [0.15, 0.2) is 5.69 Å². The van der Waals surface area contributed by atoms with Gasteiger partial charge in [0, 0.05) is 18.5 Å². The molecule has 1 aromatic heterocycles. The van der Waals surface area contributed by atoms with Crippen LogP contribution < -0.4 is 0 Å². The predicted octanol–water partition coefficient (Wildman–Crippen LogP) is 4.27. The summed E-state index contributed by atoms with van der Waals surface area (Å²) in [5.74, 6) is -0.155. The number of rotatable bonds is 3. The molecule has 1 aliphatic heterocycles. The van der Waals surface area contributed by atoms with E-state index in [0.717, 1.165) is 41.8 Å². The molecule has 0 fully saturated rings. The molecule has 4 rings (SSSR count). The quantitative estimate of drug-likeness (QED) is 0.710. The van der Waals surface area contributed by atoms with Crippen molar-refractivity contribution in [3.8, 4) is 17.0 Å². The SMILES string of the molecule is CCN1Cc2c(-c3ccccc3)cc3c(N=O)c(O)[nH]c3c2C1. The number of nitroso groups, excluding NO2 is 1. The Morgan fingerprint density at radius 3 is 2.65 bits per heavy atom. The Hall–Kier alpha value is -2.66. The van der Waals surface area contributed by atoms with Crippen LogP contribution in [0.1, 0.15) is 18.1 Å². The molecule has 0 bridgehead atoms. The third-order valence-electron chi connectivity index (χ3n) is 4.66. The van der Waals surface area contributed by atoms with Gasteiger partial charge in [-0.3, -0.25) is 4.90 Å². The highest BCUT2D eigenvalue weighted by molar-refractivity contribution is 6.00. The van der Waals surface area contributed by atoms with Crippen molar-refractivity contribution in [1.82, 2.24) is 9.88 Å². The Labute approximate surface area is 133 Å². The first-order valence-electron chi connectivity index (χ1n) is 7.73. The van der Waals surface area contributed by atoms with Crippen molar-refractivity contribution in [3.05, 3.63) is 52.4 Å². The van der Waals surface area contributed by atoms with Crippen molar-refractivity contribution >= 4 is 16.6 Å². The molecular weight excluding hydrogens is 290 g/mol. The predicted molar refractivity (Wildman–Crippen MR) is 90.6 cm³/mol. The van der Waals surface area contributed by atoms with E-state index in [1.807, 2.05) is 24.3 Å².